The summed E-state index contributed by atoms with van der Waals surface area (Å²) in [5.74, 6) is 0. The van der Waals surface area contributed by atoms with E-state index in [9.17, 15) is 12.9 Å². The molecule has 1 aromatic carbocycles. The molecule has 0 heterocycles. The first-order chi connectivity index (χ1) is 5.39. The van der Waals surface area contributed by atoms with Crippen molar-refractivity contribution in [3.8, 4) is 0 Å². The average molecular weight is 277 g/mol. The van der Waals surface area contributed by atoms with E-state index >= 15 is 0 Å². The number of benzene rings is 1. The molecule has 0 bridgehead atoms. The predicted octanol–water partition coefficient (Wildman–Crippen LogP) is -0.184. The van der Waals surface area contributed by atoms with Gasteiger partial charge in [0.05, 0.1) is 0 Å². The number of hydrogen-bond donors (Lipinski definition) is 0. The Kier molecular flexibility index (Phi) is 5.81. The maximum atomic E-state index is 12.2. The van der Waals surface area contributed by atoms with Gasteiger partial charge in [0.15, 0.2) is 0 Å². The number of aryl methyl sites for hydroxylation is 1. The largest absolute Gasteiger partial charge is 1.00 e. The summed E-state index contributed by atoms with van der Waals surface area (Å²) in [7, 11) is 0. The van der Waals surface area contributed by atoms with E-state index in [-0.39, 0.29) is 51.4 Å². The van der Waals surface area contributed by atoms with E-state index in [0.29, 0.717) is 10.0 Å². The summed E-state index contributed by atoms with van der Waals surface area (Å²) in [6.07, 6.45) is 0. The van der Waals surface area contributed by atoms with Crippen LogP contribution in [0.3, 0.4) is 0 Å². The van der Waals surface area contributed by atoms with E-state index in [1.165, 1.54) is 0 Å². The molecule has 66 valence electrons. The third-order valence-electron chi connectivity index (χ3n) is 1.44. The Morgan fingerprint density at radius 2 is 1.69 bits per heavy atom. The maximum absolute atomic E-state index is 12.2. The van der Waals surface area contributed by atoms with E-state index in [1.807, 2.05) is 0 Å². The summed E-state index contributed by atoms with van der Waals surface area (Å²) < 4.78 is 37.0. The Hall–Kier alpha value is 1.19. The van der Waals surface area contributed by atoms with Crippen molar-refractivity contribution in [3.63, 3.8) is 0 Å². The van der Waals surface area contributed by atoms with Gasteiger partial charge in [-0.25, -0.2) is 0 Å². The predicted molar refractivity (Wildman–Crippen MR) is 47.6 cm³/mol. The van der Waals surface area contributed by atoms with Crippen LogP contribution in [-0.2, 0) is 0 Å². The van der Waals surface area contributed by atoms with Crippen LogP contribution in [0.4, 0.5) is 12.9 Å². The molecule has 0 radical (unpaired) electrons. The normalized spacial score (nSPS) is 10.8. The maximum Gasteiger partial charge on any atom is 1.00 e. The molecule has 0 unspecified atom stereocenters. The van der Waals surface area contributed by atoms with Crippen LogP contribution in [0.2, 0.25) is 0 Å². The molecule has 6 heteroatoms. The Bertz CT molecular complexity index is 280. The number of hydrogen-bond acceptors (Lipinski definition) is 0. The molecular weight excluding hydrogens is 271 g/mol. The van der Waals surface area contributed by atoms with Crippen molar-refractivity contribution in [2.24, 2.45) is 0 Å². The Morgan fingerprint density at radius 1 is 1.15 bits per heavy atom. The van der Waals surface area contributed by atoms with E-state index in [0.717, 1.165) is 12.1 Å². The van der Waals surface area contributed by atoms with Gasteiger partial charge >= 0.3 is 58.4 Å². The molecule has 0 saturated carbocycles. The van der Waals surface area contributed by atoms with Gasteiger partial charge in [0, 0.05) is 4.47 Å². The molecule has 0 atom stereocenters. The molecule has 0 fully saturated rings. The molecular formula is C7H6BBrF3K. The summed E-state index contributed by atoms with van der Waals surface area (Å²) >= 11 is 3.02. The molecule has 0 aliphatic carbocycles. The van der Waals surface area contributed by atoms with Crippen LogP contribution in [-0.4, -0.2) is 6.98 Å². The van der Waals surface area contributed by atoms with Gasteiger partial charge in [-0.15, -0.1) is 5.46 Å². The van der Waals surface area contributed by atoms with Crippen molar-refractivity contribution in [3.05, 3.63) is 28.2 Å². The molecule has 13 heavy (non-hydrogen) atoms. The molecule has 1 rings (SSSR count). The molecule has 0 saturated heterocycles. The van der Waals surface area contributed by atoms with Crippen LogP contribution in [0.5, 0.6) is 0 Å². The third-order valence-corrected chi connectivity index (χ3v) is 1.90. The van der Waals surface area contributed by atoms with E-state index in [4.69, 9.17) is 0 Å². The van der Waals surface area contributed by atoms with Crippen molar-refractivity contribution in [2.75, 3.05) is 0 Å². The summed E-state index contributed by atoms with van der Waals surface area (Å²) in [6.45, 7) is -3.24. The van der Waals surface area contributed by atoms with Gasteiger partial charge in [-0.2, -0.15) is 0 Å². The minimum absolute atomic E-state index is 0. The molecule has 1 aromatic rings. The fraction of sp³-hybridized carbons (Fsp3) is 0.143. The number of halogens is 4. The second kappa shape index (κ2) is 5.32. The molecule has 0 spiro atoms. The van der Waals surface area contributed by atoms with Gasteiger partial charge in [0.25, 0.3) is 0 Å². The van der Waals surface area contributed by atoms with Crippen molar-refractivity contribution in [2.45, 2.75) is 6.92 Å². The second-order valence-electron chi connectivity index (χ2n) is 2.64. The fourth-order valence-corrected chi connectivity index (χ4v) is 1.58. The van der Waals surface area contributed by atoms with Crippen molar-refractivity contribution in [1.29, 1.82) is 0 Å². The van der Waals surface area contributed by atoms with Gasteiger partial charge in [-0.1, -0.05) is 33.6 Å². The molecule has 0 nitrogen and oxygen atoms in total. The Balaban J connectivity index is 0.00000144. The van der Waals surface area contributed by atoms with Crippen LogP contribution >= 0.6 is 15.9 Å². The van der Waals surface area contributed by atoms with E-state index in [2.05, 4.69) is 15.9 Å². The van der Waals surface area contributed by atoms with Gasteiger partial charge in [-0.3, -0.25) is 0 Å². The molecule has 0 N–H and O–H groups in total. The average Bonchev–Trinajstić information content (AvgIpc) is 1.82. The SMILES string of the molecule is Cc1cc(Br)cc([B-](F)(F)F)c1.[K+]. The van der Waals surface area contributed by atoms with Crippen molar-refractivity contribution >= 4 is 28.4 Å². The van der Waals surface area contributed by atoms with Gasteiger partial charge in [0.1, 0.15) is 0 Å². The van der Waals surface area contributed by atoms with Crippen LogP contribution in [0.1, 0.15) is 5.56 Å². The van der Waals surface area contributed by atoms with Crippen molar-refractivity contribution < 1.29 is 64.3 Å². The van der Waals surface area contributed by atoms with Gasteiger partial charge in [-0.05, 0) is 13.0 Å². The van der Waals surface area contributed by atoms with E-state index in [1.54, 1.807) is 13.0 Å². The van der Waals surface area contributed by atoms with Crippen LogP contribution in [0.25, 0.3) is 0 Å². The Morgan fingerprint density at radius 3 is 2.08 bits per heavy atom. The minimum atomic E-state index is -4.87. The number of rotatable bonds is 1. The first kappa shape index (κ1) is 14.2. The van der Waals surface area contributed by atoms with Crippen LogP contribution in [0, 0.1) is 6.92 Å². The molecule has 0 aliphatic heterocycles. The summed E-state index contributed by atoms with van der Waals surface area (Å²) in [5.41, 5.74) is 0.0560. The quantitative estimate of drug-likeness (QED) is 0.624. The fourth-order valence-electron chi connectivity index (χ4n) is 0.954. The van der Waals surface area contributed by atoms with Gasteiger partial charge < -0.3 is 12.9 Å². The molecule has 0 aliphatic rings. The zero-order chi connectivity index (χ0) is 9.35. The van der Waals surface area contributed by atoms with Crippen LogP contribution < -0.4 is 56.8 Å². The topological polar surface area (TPSA) is 0 Å². The second-order valence-corrected chi connectivity index (χ2v) is 3.55. The van der Waals surface area contributed by atoms with Crippen LogP contribution in [0.15, 0.2) is 22.7 Å². The standard InChI is InChI=1S/C7H6BBrF3.K/c1-5-2-6(8(10,11)12)4-7(9)3-5;/h2-4H,1H3;/q-1;+1. The van der Waals surface area contributed by atoms with E-state index < -0.39 is 12.4 Å². The zero-order valence-corrected chi connectivity index (χ0v) is 12.0. The zero-order valence-electron chi connectivity index (χ0n) is 7.32. The summed E-state index contributed by atoms with van der Waals surface area (Å²) in [5, 5.41) is 0. The monoisotopic (exact) mass is 276 g/mol. The van der Waals surface area contributed by atoms with Crippen molar-refractivity contribution in [1.82, 2.24) is 0 Å². The summed E-state index contributed by atoms with van der Waals surface area (Å²) in [4.78, 5) is 0. The molecule has 0 aromatic heterocycles. The third kappa shape index (κ3) is 4.49. The smallest absolute Gasteiger partial charge is 0.445 e. The first-order valence-corrected chi connectivity index (χ1v) is 4.16. The first-order valence-electron chi connectivity index (χ1n) is 3.36. The Labute approximate surface area is 126 Å². The summed E-state index contributed by atoms with van der Waals surface area (Å²) in [6, 6.07) is 3.88. The van der Waals surface area contributed by atoms with Gasteiger partial charge in [0.2, 0.25) is 0 Å². The minimum Gasteiger partial charge on any atom is -0.445 e. The molecule has 0 amide bonds.